The molecule has 0 aliphatic carbocycles. The van der Waals surface area contributed by atoms with Crippen LogP contribution in [0.2, 0.25) is 0 Å². The number of rotatable bonds is 4. The van der Waals surface area contributed by atoms with Crippen molar-refractivity contribution in [1.82, 2.24) is 4.98 Å². The number of hydrogen-bond acceptors (Lipinski definition) is 4. The predicted molar refractivity (Wildman–Crippen MR) is 60.8 cm³/mol. The van der Waals surface area contributed by atoms with Gasteiger partial charge in [-0.15, -0.1) is 11.3 Å². The van der Waals surface area contributed by atoms with Crippen LogP contribution in [0.15, 0.2) is 35.8 Å². The van der Waals surface area contributed by atoms with Gasteiger partial charge in [0.15, 0.2) is 0 Å². The van der Waals surface area contributed by atoms with Crippen molar-refractivity contribution < 1.29 is 4.74 Å². The fourth-order valence-electron chi connectivity index (χ4n) is 1.24. The summed E-state index contributed by atoms with van der Waals surface area (Å²) in [5.41, 5.74) is 6.52. The first-order valence-corrected chi connectivity index (χ1v) is 5.57. The zero-order valence-electron chi connectivity index (χ0n) is 8.22. The Hall–Kier alpha value is -1.39. The molecule has 2 rings (SSSR count). The maximum Gasteiger partial charge on any atom is 0.218 e. The average Bonchev–Trinajstić information content (AvgIpc) is 2.79. The highest BCUT2D eigenvalue weighted by molar-refractivity contribution is 7.09. The van der Waals surface area contributed by atoms with E-state index >= 15 is 0 Å². The Kier molecular flexibility index (Phi) is 3.32. The zero-order chi connectivity index (χ0) is 10.5. The highest BCUT2D eigenvalue weighted by Crippen LogP contribution is 2.16. The second-order valence-corrected chi connectivity index (χ2v) is 4.07. The predicted octanol–water partition coefficient (Wildman–Crippen LogP) is 2.18. The van der Waals surface area contributed by atoms with Gasteiger partial charge in [-0.25, -0.2) is 4.98 Å². The third-order valence-corrected chi connectivity index (χ3v) is 2.85. The lowest BCUT2D eigenvalue weighted by Gasteiger charge is -2.07. The Labute approximate surface area is 92.5 Å². The second kappa shape index (κ2) is 4.91. The largest absolute Gasteiger partial charge is 0.472 e. The molecule has 0 fully saturated rings. The Balaban J connectivity index is 2.04. The van der Waals surface area contributed by atoms with Gasteiger partial charge in [-0.1, -0.05) is 12.1 Å². The molecule has 0 aliphatic rings. The molecular formula is C11H12N2OS. The summed E-state index contributed by atoms with van der Waals surface area (Å²) in [6.07, 6.45) is 1.71. The van der Waals surface area contributed by atoms with Gasteiger partial charge in [-0.3, -0.25) is 0 Å². The molecule has 2 heterocycles. The molecule has 0 spiro atoms. The lowest BCUT2D eigenvalue weighted by molar-refractivity contribution is 0.294. The van der Waals surface area contributed by atoms with Gasteiger partial charge in [0.1, 0.15) is 6.61 Å². The average molecular weight is 220 g/mol. The number of ether oxygens (including phenoxy) is 1. The quantitative estimate of drug-likeness (QED) is 0.859. The van der Waals surface area contributed by atoms with Crippen molar-refractivity contribution >= 4 is 11.3 Å². The molecular weight excluding hydrogens is 208 g/mol. The van der Waals surface area contributed by atoms with Gasteiger partial charge in [0, 0.05) is 23.2 Å². The van der Waals surface area contributed by atoms with Crippen LogP contribution in [0.4, 0.5) is 0 Å². The van der Waals surface area contributed by atoms with E-state index in [0.717, 1.165) is 5.56 Å². The summed E-state index contributed by atoms with van der Waals surface area (Å²) in [4.78, 5) is 5.34. The Bertz CT molecular complexity index is 414. The van der Waals surface area contributed by atoms with Gasteiger partial charge in [0.25, 0.3) is 0 Å². The Morgan fingerprint density at radius 1 is 1.33 bits per heavy atom. The van der Waals surface area contributed by atoms with E-state index in [-0.39, 0.29) is 0 Å². The minimum atomic E-state index is 0.452. The van der Waals surface area contributed by atoms with Gasteiger partial charge >= 0.3 is 0 Å². The molecule has 0 aromatic carbocycles. The summed E-state index contributed by atoms with van der Waals surface area (Å²) in [7, 11) is 0. The van der Waals surface area contributed by atoms with Crippen LogP contribution in [0.5, 0.6) is 5.88 Å². The normalized spacial score (nSPS) is 10.2. The minimum Gasteiger partial charge on any atom is -0.472 e. The van der Waals surface area contributed by atoms with Gasteiger partial charge in [0.2, 0.25) is 5.88 Å². The first kappa shape index (κ1) is 10.1. The van der Waals surface area contributed by atoms with E-state index in [1.54, 1.807) is 17.5 Å². The van der Waals surface area contributed by atoms with E-state index in [4.69, 9.17) is 10.5 Å². The van der Waals surface area contributed by atoms with Gasteiger partial charge in [-0.05, 0) is 17.5 Å². The summed E-state index contributed by atoms with van der Waals surface area (Å²) in [5.74, 6) is 0.633. The van der Waals surface area contributed by atoms with Crippen molar-refractivity contribution in [3.05, 3.63) is 46.3 Å². The molecule has 0 saturated carbocycles. The summed E-state index contributed by atoms with van der Waals surface area (Å²) in [6, 6.07) is 7.83. The van der Waals surface area contributed by atoms with Crippen LogP contribution in [-0.2, 0) is 13.2 Å². The van der Waals surface area contributed by atoms with Crippen LogP contribution in [0.25, 0.3) is 0 Å². The lowest BCUT2D eigenvalue weighted by atomic mass is 10.3. The molecule has 78 valence electrons. The van der Waals surface area contributed by atoms with Crippen molar-refractivity contribution in [2.24, 2.45) is 5.73 Å². The molecule has 0 aliphatic heterocycles. The second-order valence-electron chi connectivity index (χ2n) is 3.04. The SMILES string of the molecule is NCc1cccnc1OCc1cccs1. The van der Waals surface area contributed by atoms with Crippen molar-refractivity contribution in [2.75, 3.05) is 0 Å². The highest BCUT2D eigenvalue weighted by Gasteiger charge is 2.03. The third-order valence-electron chi connectivity index (χ3n) is 2.00. The number of nitrogens with two attached hydrogens (primary N) is 1. The van der Waals surface area contributed by atoms with Crippen molar-refractivity contribution in [3.63, 3.8) is 0 Å². The first-order valence-electron chi connectivity index (χ1n) is 4.69. The fraction of sp³-hybridized carbons (Fsp3) is 0.182. The Morgan fingerprint density at radius 3 is 3.00 bits per heavy atom. The van der Waals surface area contributed by atoms with E-state index in [2.05, 4.69) is 4.98 Å². The van der Waals surface area contributed by atoms with E-state index < -0.39 is 0 Å². The van der Waals surface area contributed by atoms with Crippen molar-refractivity contribution in [3.8, 4) is 5.88 Å². The third kappa shape index (κ3) is 2.55. The van der Waals surface area contributed by atoms with Crippen molar-refractivity contribution in [1.29, 1.82) is 0 Å². The molecule has 3 nitrogen and oxygen atoms in total. The molecule has 0 amide bonds. The number of pyridine rings is 1. The standard InChI is InChI=1S/C11H12N2OS/c12-7-9-3-1-5-13-11(9)14-8-10-4-2-6-15-10/h1-6H,7-8,12H2. The van der Waals surface area contributed by atoms with E-state index in [1.165, 1.54) is 4.88 Å². The van der Waals surface area contributed by atoms with E-state index in [0.29, 0.717) is 19.0 Å². The summed E-state index contributed by atoms with van der Waals surface area (Å²) < 4.78 is 5.59. The molecule has 4 heteroatoms. The van der Waals surface area contributed by atoms with Gasteiger partial charge < -0.3 is 10.5 Å². The fourth-order valence-corrected chi connectivity index (χ4v) is 1.86. The molecule has 0 radical (unpaired) electrons. The summed E-state index contributed by atoms with van der Waals surface area (Å²) in [5, 5.41) is 2.03. The van der Waals surface area contributed by atoms with Crippen LogP contribution in [0.1, 0.15) is 10.4 Å². The summed E-state index contributed by atoms with van der Waals surface area (Å²) >= 11 is 1.67. The number of aromatic nitrogens is 1. The molecule has 2 N–H and O–H groups in total. The van der Waals surface area contributed by atoms with Crippen LogP contribution in [-0.4, -0.2) is 4.98 Å². The highest BCUT2D eigenvalue weighted by atomic mass is 32.1. The lowest BCUT2D eigenvalue weighted by Crippen LogP contribution is -2.03. The zero-order valence-corrected chi connectivity index (χ0v) is 9.04. The first-order chi connectivity index (χ1) is 7.40. The maximum absolute atomic E-state index is 5.59. The van der Waals surface area contributed by atoms with Gasteiger partial charge in [0.05, 0.1) is 0 Å². The number of hydrogen-bond donors (Lipinski definition) is 1. The molecule has 0 saturated heterocycles. The van der Waals surface area contributed by atoms with Crippen molar-refractivity contribution in [2.45, 2.75) is 13.2 Å². The van der Waals surface area contributed by atoms with Crippen LogP contribution in [0.3, 0.4) is 0 Å². The molecule has 15 heavy (non-hydrogen) atoms. The molecule has 2 aromatic heterocycles. The number of thiophene rings is 1. The summed E-state index contributed by atoms with van der Waals surface area (Å²) in [6.45, 7) is 1.01. The number of nitrogens with zero attached hydrogens (tertiary/aromatic N) is 1. The molecule has 0 atom stereocenters. The van der Waals surface area contributed by atoms with Crippen LogP contribution in [0, 0.1) is 0 Å². The van der Waals surface area contributed by atoms with Gasteiger partial charge in [-0.2, -0.15) is 0 Å². The maximum atomic E-state index is 5.59. The van der Waals surface area contributed by atoms with E-state index in [9.17, 15) is 0 Å². The van der Waals surface area contributed by atoms with Crippen LogP contribution >= 0.6 is 11.3 Å². The smallest absolute Gasteiger partial charge is 0.218 e. The van der Waals surface area contributed by atoms with E-state index in [1.807, 2.05) is 29.6 Å². The van der Waals surface area contributed by atoms with Crippen LogP contribution < -0.4 is 10.5 Å². The molecule has 2 aromatic rings. The molecule has 0 bridgehead atoms. The topological polar surface area (TPSA) is 48.1 Å². The monoisotopic (exact) mass is 220 g/mol. The molecule has 0 unspecified atom stereocenters. The Morgan fingerprint density at radius 2 is 2.27 bits per heavy atom. The minimum absolute atomic E-state index is 0.452.